The number of hydrogen-bond donors (Lipinski definition) is 0. The first-order valence-electron chi connectivity index (χ1n) is 8.77. The third-order valence-electron chi connectivity index (χ3n) is 3.89. The Morgan fingerprint density at radius 2 is 1.25 bits per heavy atom. The molecule has 0 atom stereocenters. The van der Waals surface area contributed by atoms with E-state index in [0.717, 1.165) is 16.9 Å². The third-order valence-corrected chi connectivity index (χ3v) is 4.67. The summed E-state index contributed by atoms with van der Waals surface area (Å²) in [7, 11) is 0. The molecule has 0 saturated carbocycles. The molecule has 3 rings (SSSR count). The van der Waals surface area contributed by atoms with E-state index in [9.17, 15) is 0 Å². The van der Waals surface area contributed by atoms with Crippen molar-refractivity contribution < 1.29 is 14.2 Å². The Hall–Kier alpha value is -1.91. The van der Waals surface area contributed by atoms with Gasteiger partial charge in [-0.3, -0.25) is 0 Å². The molecule has 0 N–H and O–H groups in total. The molecule has 146 valence electrons. The van der Waals surface area contributed by atoms with E-state index in [-0.39, 0.29) is 0 Å². The molecule has 0 aliphatic heterocycles. The van der Waals surface area contributed by atoms with Crippen molar-refractivity contribution in [3.8, 4) is 22.6 Å². The maximum absolute atomic E-state index is 6.08. The fourth-order valence-corrected chi connectivity index (χ4v) is 3.56. The lowest BCUT2D eigenvalue weighted by atomic mass is 10.1. The van der Waals surface area contributed by atoms with E-state index in [1.165, 1.54) is 0 Å². The normalized spacial score (nSPS) is 10.7. The molecule has 0 aliphatic rings. The van der Waals surface area contributed by atoms with Crippen LogP contribution in [0.25, 0.3) is 11.1 Å². The second-order valence-corrected chi connectivity index (χ2v) is 7.12. The fraction of sp³-hybridized carbons (Fsp3) is 0.182. The molecule has 0 bridgehead atoms. The minimum atomic E-state index is 0.321. The van der Waals surface area contributed by atoms with E-state index in [4.69, 9.17) is 49.0 Å². The van der Waals surface area contributed by atoms with Crippen LogP contribution in [-0.2, 0) is 4.74 Å². The van der Waals surface area contributed by atoms with E-state index in [2.05, 4.69) is 12.1 Å². The van der Waals surface area contributed by atoms with Gasteiger partial charge in [0.05, 0.1) is 23.3 Å². The van der Waals surface area contributed by atoms with Crippen LogP contribution in [0.4, 0.5) is 0 Å². The largest absolute Gasteiger partial charge is 0.491 e. The maximum atomic E-state index is 6.08. The lowest BCUT2D eigenvalue weighted by Gasteiger charge is -2.13. The van der Waals surface area contributed by atoms with Gasteiger partial charge in [0, 0.05) is 10.6 Å². The van der Waals surface area contributed by atoms with Gasteiger partial charge in [0.15, 0.2) is 5.75 Å². The molecule has 28 heavy (non-hydrogen) atoms. The first-order valence-corrected chi connectivity index (χ1v) is 9.91. The Morgan fingerprint density at radius 1 is 0.643 bits per heavy atom. The van der Waals surface area contributed by atoms with Crippen molar-refractivity contribution in [1.29, 1.82) is 0 Å². The summed E-state index contributed by atoms with van der Waals surface area (Å²) in [5.41, 5.74) is 2.17. The van der Waals surface area contributed by atoms with E-state index in [1.54, 1.807) is 12.1 Å². The van der Waals surface area contributed by atoms with Gasteiger partial charge in [-0.15, -0.1) is 0 Å². The molecule has 6 heteroatoms. The summed E-state index contributed by atoms with van der Waals surface area (Å²) in [5, 5.41) is 1.21. The summed E-state index contributed by atoms with van der Waals surface area (Å²) in [4.78, 5) is 0. The number of halogens is 3. The summed E-state index contributed by atoms with van der Waals surface area (Å²) < 4.78 is 17.0. The van der Waals surface area contributed by atoms with E-state index < -0.39 is 0 Å². The molecule has 0 spiro atoms. The molecule has 0 saturated heterocycles. The first kappa shape index (κ1) is 20.8. The van der Waals surface area contributed by atoms with E-state index in [0.29, 0.717) is 47.2 Å². The van der Waals surface area contributed by atoms with Crippen LogP contribution in [0, 0.1) is 0 Å². The predicted octanol–water partition coefficient (Wildman–Crippen LogP) is 6.79. The van der Waals surface area contributed by atoms with Crippen molar-refractivity contribution in [2.75, 3.05) is 26.4 Å². The SMILES string of the molecule is Clc1cc(Cl)c(OCCOCCOc2ccccc2-c2ccccc2)c(Cl)c1. The monoisotopic (exact) mass is 436 g/mol. The van der Waals surface area contributed by atoms with Crippen molar-refractivity contribution >= 4 is 34.8 Å². The van der Waals surface area contributed by atoms with Gasteiger partial charge in [0.1, 0.15) is 19.0 Å². The second-order valence-electron chi connectivity index (χ2n) is 5.87. The predicted molar refractivity (Wildman–Crippen MR) is 115 cm³/mol. The zero-order valence-electron chi connectivity index (χ0n) is 15.0. The Morgan fingerprint density at radius 3 is 1.96 bits per heavy atom. The molecule has 0 aliphatic carbocycles. The second kappa shape index (κ2) is 10.6. The maximum Gasteiger partial charge on any atom is 0.156 e. The van der Waals surface area contributed by atoms with Crippen molar-refractivity contribution in [3.05, 3.63) is 81.8 Å². The highest BCUT2D eigenvalue weighted by Gasteiger charge is 2.09. The van der Waals surface area contributed by atoms with Gasteiger partial charge in [-0.1, -0.05) is 83.3 Å². The van der Waals surface area contributed by atoms with Crippen LogP contribution in [0.1, 0.15) is 0 Å². The van der Waals surface area contributed by atoms with Crippen LogP contribution in [0.5, 0.6) is 11.5 Å². The summed E-state index contributed by atoms with van der Waals surface area (Å²) in [6.07, 6.45) is 0. The number of benzene rings is 3. The Balaban J connectivity index is 1.42. The van der Waals surface area contributed by atoms with Gasteiger partial charge < -0.3 is 14.2 Å². The zero-order chi connectivity index (χ0) is 19.8. The molecular formula is C22H19Cl3O3. The van der Waals surface area contributed by atoms with Crippen LogP contribution in [0.15, 0.2) is 66.7 Å². The van der Waals surface area contributed by atoms with Gasteiger partial charge in [-0.2, -0.15) is 0 Å². The molecule has 0 unspecified atom stereocenters. The van der Waals surface area contributed by atoms with Gasteiger partial charge in [0.25, 0.3) is 0 Å². The highest BCUT2D eigenvalue weighted by Crippen LogP contribution is 2.35. The zero-order valence-corrected chi connectivity index (χ0v) is 17.3. The Bertz CT molecular complexity index is 878. The Labute approximate surface area is 179 Å². The van der Waals surface area contributed by atoms with Crippen molar-refractivity contribution in [2.24, 2.45) is 0 Å². The molecule has 0 amide bonds. The number of para-hydroxylation sites is 1. The van der Waals surface area contributed by atoms with Crippen molar-refractivity contribution in [2.45, 2.75) is 0 Å². The Kier molecular flexibility index (Phi) is 7.87. The molecule has 0 fully saturated rings. The van der Waals surface area contributed by atoms with E-state index >= 15 is 0 Å². The third kappa shape index (κ3) is 5.79. The lowest BCUT2D eigenvalue weighted by Crippen LogP contribution is -2.12. The number of rotatable bonds is 9. The first-order chi connectivity index (χ1) is 13.6. The van der Waals surface area contributed by atoms with E-state index in [1.807, 2.05) is 42.5 Å². The quantitative estimate of drug-likeness (QED) is 0.345. The van der Waals surface area contributed by atoms with Crippen LogP contribution in [0.3, 0.4) is 0 Å². The average Bonchev–Trinajstić information content (AvgIpc) is 2.70. The van der Waals surface area contributed by atoms with Crippen molar-refractivity contribution in [1.82, 2.24) is 0 Å². The summed E-state index contributed by atoms with van der Waals surface area (Å²) >= 11 is 18.0. The molecule has 3 aromatic rings. The highest BCUT2D eigenvalue weighted by atomic mass is 35.5. The number of ether oxygens (including phenoxy) is 3. The minimum Gasteiger partial charge on any atom is -0.491 e. The van der Waals surface area contributed by atoms with Gasteiger partial charge >= 0.3 is 0 Å². The lowest BCUT2D eigenvalue weighted by molar-refractivity contribution is 0.0766. The van der Waals surface area contributed by atoms with Crippen LogP contribution in [0.2, 0.25) is 15.1 Å². The van der Waals surface area contributed by atoms with Crippen molar-refractivity contribution in [3.63, 3.8) is 0 Å². The summed E-state index contributed by atoms with van der Waals surface area (Å²) in [5.74, 6) is 1.23. The van der Waals surface area contributed by atoms with Crippen LogP contribution in [-0.4, -0.2) is 26.4 Å². The molecule has 3 aromatic carbocycles. The summed E-state index contributed by atoms with van der Waals surface area (Å²) in [6, 6.07) is 21.2. The molecule has 0 heterocycles. The number of hydrogen-bond acceptors (Lipinski definition) is 3. The van der Waals surface area contributed by atoms with Gasteiger partial charge in [-0.25, -0.2) is 0 Å². The van der Waals surface area contributed by atoms with Gasteiger partial charge in [0.2, 0.25) is 0 Å². The van der Waals surface area contributed by atoms with Crippen LogP contribution >= 0.6 is 34.8 Å². The molecule has 0 aromatic heterocycles. The molecule has 3 nitrogen and oxygen atoms in total. The minimum absolute atomic E-state index is 0.321. The molecule has 0 radical (unpaired) electrons. The highest BCUT2D eigenvalue weighted by molar-refractivity contribution is 6.40. The van der Waals surface area contributed by atoms with Crippen LogP contribution < -0.4 is 9.47 Å². The fourth-order valence-electron chi connectivity index (χ4n) is 2.63. The molecular weight excluding hydrogens is 419 g/mol. The smallest absolute Gasteiger partial charge is 0.156 e. The van der Waals surface area contributed by atoms with Gasteiger partial charge in [-0.05, 0) is 23.8 Å². The average molecular weight is 438 g/mol. The topological polar surface area (TPSA) is 27.7 Å². The standard InChI is InChI=1S/C22H19Cl3O3/c23-17-14-19(24)22(20(25)15-17)28-13-11-26-10-12-27-21-9-5-4-8-18(21)16-6-2-1-3-7-16/h1-9,14-15H,10-13H2. The summed E-state index contributed by atoms with van der Waals surface area (Å²) in [6.45, 7) is 1.58.